The van der Waals surface area contributed by atoms with Crippen LogP contribution < -0.4 is 5.32 Å². The van der Waals surface area contributed by atoms with E-state index >= 15 is 0 Å². The van der Waals surface area contributed by atoms with E-state index in [0.717, 1.165) is 0 Å². The fourth-order valence-electron chi connectivity index (χ4n) is 1.47. The summed E-state index contributed by atoms with van der Waals surface area (Å²) in [6, 6.07) is -0.658. The highest BCUT2D eigenvalue weighted by molar-refractivity contribution is 7.85. The molecule has 0 fully saturated rings. The molecule has 0 aliphatic rings. The lowest BCUT2D eigenvalue weighted by Gasteiger charge is -2.23. The molecular formula is C11H23NO5S. The minimum Gasteiger partial charge on any atom is -0.444 e. The Kier molecular flexibility index (Phi) is 6.09. The number of rotatable bonds is 5. The molecule has 0 radical (unpaired) electrons. The molecule has 0 aromatic carbocycles. The molecule has 2 N–H and O–H groups in total. The first-order chi connectivity index (χ1) is 7.89. The van der Waals surface area contributed by atoms with Crippen molar-refractivity contribution in [2.45, 2.75) is 52.7 Å². The molecule has 0 saturated carbocycles. The summed E-state index contributed by atoms with van der Waals surface area (Å²) in [6.07, 6.45) is -0.240. The van der Waals surface area contributed by atoms with Gasteiger partial charge in [-0.1, -0.05) is 13.8 Å². The Hall–Kier alpha value is -0.820. The van der Waals surface area contributed by atoms with Gasteiger partial charge >= 0.3 is 6.09 Å². The van der Waals surface area contributed by atoms with Crippen molar-refractivity contribution in [3.8, 4) is 0 Å². The van der Waals surface area contributed by atoms with Gasteiger partial charge in [-0.25, -0.2) is 4.79 Å². The molecule has 1 amide bonds. The van der Waals surface area contributed by atoms with Crippen LogP contribution in [-0.2, 0) is 14.9 Å². The second kappa shape index (κ2) is 6.38. The minimum atomic E-state index is -4.13. The average Bonchev–Trinajstić information content (AvgIpc) is 1.92. The third kappa shape index (κ3) is 10.3. The summed E-state index contributed by atoms with van der Waals surface area (Å²) in [5.41, 5.74) is -0.648. The van der Waals surface area contributed by atoms with Gasteiger partial charge in [-0.05, 0) is 33.1 Å². The lowest BCUT2D eigenvalue weighted by atomic mass is 10.1. The summed E-state index contributed by atoms with van der Waals surface area (Å²) in [7, 11) is -4.13. The number of hydrogen-bond donors (Lipinski definition) is 2. The number of ether oxygens (including phenoxy) is 1. The van der Waals surface area contributed by atoms with Crippen LogP contribution in [0.15, 0.2) is 0 Å². The molecule has 7 heteroatoms. The maximum absolute atomic E-state index is 11.5. The Balaban J connectivity index is 4.55. The second-order valence-electron chi connectivity index (χ2n) is 5.72. The fourth-order valence-corrected chi connectivity index (χ4v) is 2.19. The summed E-state index contributed by atoms with van der Waals surface area (Å²) >= 11 is 0. The van der Waals surface area contributed by atoms with E-state index in [4.69, 9.17) is 9.29 Å². The fraction of sp³-hybridized carbons (Fsp3) is 0.909. The molecule has 1 atom stereocenters. The zero-order chi connectivity index (χ0) is 14.6. The summed E-state index contributed by atoms with van der Waals surface area (Å²) < 4.78 is 35.6. The smallest absolute Gasteiger partial charge is 0.407 e. The third-order valence-corrected chi connectivity index (χ3v) is 2.71. The number of hydrogen-bond acceptors (Lipinski definition) is 4. The molecule has 0 heterocycles. The van der Waals surface area contributed by atoms with Crippen LogP contribution in [0.5, 0.6) is 0 Å². The predicted molar refractivity (Wildman–Crippen MR) is 69.0 cm³/mol. The largest absolute Gasteiger partial charge is 0.444 e. The highest BCUT2D eigenvalue weighted by atomic mass is 32.2. The van der Waals surface area contributed by atoms with E-state index in [1.54, 1.807) is 20.8 Å². The Morgan fingerprint density at radius 1 is 1.33 bits per heavy atom. The molecule has 108 valence electrons. The molecule has 0 unspecified atom stereocenters. The van der Waals surface area contributed by atoms with Crippen LogP contribution in [0.25, 0.3) is 0 Å². The summed E-state index contributed by atoms with van der Waals surface area (Å²) in [5.74, 6) is -0.323. The van der Waals surface area contributed by atoms with Gasteiger partial charge in [0.25, 0.3) is 10.1 Å². The van der Waals surface area contributed by atoms with Gasteiger partial charge < -0.3 is 10.1 Å². The Labute approximate surface area is 109 Å². The zero-order valence-corrected chi connectivity index (χ0v) is 12.4. The SMILES string of the molecule is CC(C)C[C@H](CS(=O)(=O)O)NC(=O)OC(C)(C)C. The molecule has 0 rings (SSSR count). The maximum Gasteiger partial charge on any atom is 0.407 e. The zero-order valence-electron chi connectivity index (χ0n) is 11.6. The van der Waals surface area contributed by atoms with Crippen molar-refractivity contribution in [3.05, 3.63) is 0 Å². The lowest BCUT2D eigenvalue weighted by molar-refractivity contribution is 0.0504. The van der Waals surface area contributed by atoms with E-state index < -0.39 is 33.6 Å². The number of nitrogens with one attached hydrogen (secondary N) is 1. The average molecular weight is 281 g/mol. The van der Waals surface area contributed by atoms with Crippen LogP contribution in [0.2, 0.25) is 0 Å². The standard InChI is InChI=1S/C11H23NO5S/c1-8(2)6-9(7-18(14,15)16)12-10(13)17-11(3,4)5/h8-9H,6-7H2,1-5H3,(H,12,13)(H,14,15,16)/t9-/m1/s1. The van der Waals surface area contributed by atoms with E-state index in [1.165, 1.54) is 0 Å². The topological polar surface area (TPSA) is 92.7 Å². The number of carbonyl (C=O) groups is 1. The van der Waals surface area contributed by atoms with E-state index in [1.807, 2.05) is 13.8 Å². The third-order valence-electron chi connectivity index (χ3n) is 1.89. The number of carbonyl (C=O) groups excluding carboxylic acids is 1. The molecule has 0 aliphatic heterocycles. The van der Waals surface area contributed by atoms with Gasteiger partial charge in [0.1, 0.15) is 5.60 Å². The predicted octanol–water partition coefficient (Wildman–Crippen LogP) is 1.81. The molecule has 0 aliphatic carbocycles. The van der Waals surface area contributed by atoms with Crippen molar-refractivity contribution in [1.29, 1.82) is 0 Å². The van der Waals surface area contributed by atoms with Gasteiger partial charge in [-0.3, -0.25) is 4.55 Å². The Bertz CT molecular complexity index is 369. The summed E-state index contributed by atoms with van der Waals surface area (Å²) in [5, 5.41) is 2.46. The lowest BCUT2D eigenvalue weighted by Crippen LogP contribution is -2.43. The van der Waals surface area contributed by atoms with Gasteiger partial charge in [-0.2, -0.15) is 8.42 Å². The quantitative estimate of drug-likeness (QED) is 0.750. The van der Waals surface area contributed by atoms with Crippen molar-refractivity contribution in [1.82, 2.24) is 5.32 Å². The first-order valence-electron chi connectivity index (χ1n) is 5.84. The second-order valence-corrected chi connectivity index (χ2v) is 7.22. The monoisotopic (exact) mass is 281 g/mol. The maximum atomic E-state index is 11.5. The van der Waals surface area contributed by atoms with Crippen molar-refractivity contribution >= 4 is 16.2 Å². The molecule has 0 bridgehead atoms. The van der Waals surface area contributed by atoms with E-state index in [9.17, 15) is 13.2 Å². The summed E-state index contributed by atoms with van der Waals surface area (Å²) in [6.45, 7) is 8.94. The van der Waals surface area contributed by atoms with Gasteiger partial charge in [0.2, 0.25) is 0 Å². The molecule has 0 spiro atoms. The number of alkyl carbamates (subject to hydrolysis) is 1. The Morgan fingerprint density at radius 2 is 1.83 bits per heavy atom. The molecule has 0 saturated heterocycles. The minimum absolute atomic E-state index is 0.187. The van der Waals surface area contributed by atoms with Crippen LogP contribution >= 0.6 is 0 Å². The highest BCUT2D eigenvalue weighted by Gasteiger charge is 2.23. The highest BCUT2D eigenvalue weighted by Crippen LogP contribution is 2.10. The van der Waals surface area contributed by atoms with Gasteiger partial charge in [0, 0.05) is 6.04 Å². The summed E-state index contributed by atoms with van der Waals surface area (Å²) in [4.78, 5) is 11.5. The normalized spacial score (nSPS) is 14.4. The Morgan fingerprint density at radius 3 is 2.17 bits per heavy atom. The molecule has 6 nitrogen and oxygen atoms in total. The van der Waals surface area contributed by atoms with Crippen molar-refractivity contribution in [3.63, 3.8) is 0 Å². The van der Waals surface area contributed by atoms with Crippen LogP contribution in [0, 0.1) is 5.92 Å². The van der Waals surface area contributed by atoms with E-state index in [-0.39, 0.29) is 5.92 Å². The number of amides is 1. The van der Waals surface area contributed by atoms with Crippen LogP contribution in [0.4, 0.5) is 4.79 Å². The van der Waals surface area contributed by atoms with Crippen LogP contribution in [-0.4, -0.2) is 36.5 Å². The van der Waals surface area contributed by atoms with Crippen molar-refractivity contribution in [2.24, 2.45) is 5.92 Å². The van der Waals surface area contributed by atoms with Crippen LogP contribution in [0.1, 0.15) is 41.0 Å². The molecule has 18 heavy (non-hydrogen) atoms. The van der Waals surface area contributed by atoms with Crippen molar-refractivity contribution < 1.29 is 22.5 Å². The van der Waals surface area contributed by atoms with Crippen molar-refractivity contribution in [2.75, 3.05) is 5.75 Å². The molecule has 0 aromatic rings. The first kappa shape index (κ1) is 17.2. The first-order valence-corrected chi connectivity index (χ1v) is 7.44. The van der Waals surface area contributed by atoms with Gasteiger partial charge in [0.05, 0.1) is 5.75 Å². The molecule has 0 aromatic heterocycles. The van der Waals surface area contributed by atoms with Gasteiger partial charge in [0.15, 0.2) is 0 Å². The van der Waals surface area contributed by atoms with E-state index in [2.05, 4.69) is 5.32 Å². The molecular weight excluding hydrogens is 258 g/mol. The van der Waals surface area contributed by atoms with Gasteiger partial charge in [-0.15, -0.1) is 0 Å². The van der Waals surface area contributed by atoms with Crippen LogP contribution in [0.3, 0.4) is 0 Å². The van der Waals surface area contributed by atoms with E-state index in [0.29, 0.717) is 6.42 Å².